The minimum absolute atomic E-state index is 0.123. The molecule has 0 aliphatic heterocycles. The van der Waals surface area contributed by atoms with E-state index in [1.165, 1.54) is 11.3 Å². The van der Waals surface area contributed by atoms with E-state index in [0.29, 0.717) is 16.3 Å². The SMILES string of the molecule is CC(=NO)c1cccc(NC(=O)c2cc(C)c(C)s2)c1. The van der Waals surface area contributed by atoms with Crippen LogP contribution in [0.15, 0.2) is 35.5 Å². The third-order valence-electron chi connectivity index (χ3n) is 3.08. The van der Waals surface area contributed by atoms with Crippen LogP contribution in [-0.4, -0.2) is 16.8 Å². The van der Waals surface area contributed by atoms with Crippen LogP contribution in [0.3, 0.4) is 0 Å². The number of rotatable bonds is 3. The number of nitrogens with zero attached hydrogens (tertiary/aromatic N) is 1. The molecule has 0 unspecified atom stereocenters. The summed E-state index contributed by atoms with van der Waals surface area (Å²) < 4.78 is 0. The molecule has 0 atom stereocenters. The molecular formula is C15H16N2O2S. The Hall–Kier alpha value is -2.14. The van der Waals surface area contributed by atoms with Gasteiger partial charge in [-0.05, 0) is 44.5 Å². The van der Waals surface area contributed by atoms with E-state index < -0.39 is 0 Å². The van der Waals surface area contributed by atoms with Crippen LogP contribution in [0.4, 0.5) is 5.69 Å². The molecular weight excluding hydrogens is 272 g/mol. The van der Waals surface area contributed by atoms with Gasteiger partial charge in [0.15, 0.2) is 0 Å². The van der Waals surface area contributed by atoms with Crippen molar-refractivity contribution in [2.45, 2.75) is 20.8 Å². The second-order valence-electron chi connectivity index (χ2n) is 4.57. The van der Waals surface area contributed by atoms with Crippen molar-refractivity contribution in [1.29, 1.82) is 0 Å². The van der Waals surface area contributed by atoms with E-state index in [4.69, 9.17) is 5.21 Å². The first kappa shape index (κ1) is 14.3. The van der Waals surface area contributed by atoms with Gasteiger partial charge in [-0.2, -0.15) is 0 Å². The molecule has 2 N–H and O–H groups in total. The number of amides is 1. The Morgan fingerprint density at radius 2 is 2.05 bits per heavy atom. The summed E-state index contributed by atoms with van der Waals surface area (Å²) >= 11 is 1.48. The van der Waals surface area contributed by atoms with Gasteiger partial charge in [0.2, 0.25) is 0 Å². The molecule has 2 aromatic rings. The van der Waals surface area contributed by atoms with E-state index in [2.05, 4.69) is 10.5 Å². The van der Waals surface area contributed by atoms with Gasteiger partial charge in [-0.15, -0.1) is 11.3 Å². The molecule has 0 fully saturated rings. The third-order valence-corrected chi connectivity index (χ3v) is 4.23. The zero-order valence-corrected chi connectivity index (χ0v) is 12.4. The molecule has 0 aliphatic rings. The molecule has 1 heterocycles. The number of nitrogens with one attached hydrogen (secondary N) is 1. The van der Waals surface area contributed by atoms with E-state index in [9.17, 15) is 4.79 Å². The van der Waals surface area contributed by atoms with Crippen LogP contribution in [0, 0.1) is 13.8 Å². The first-order chi connectivity index (χ1) is 9.51. The fourth-order valence-corrected chi connectivity index (χ4v) is 2.69. The van der Waals surface area contributed by atoms with Crippen molar-refractivity contribution in [1.82, 2.24) is 0 Å². The minimum atomic E-state index is -0.123. The molecule has 20 heavy (non-hydrogen) atoms. The third kappa shape index (κ3) is 3.05. The molecule has 0 saturated heterocycles. The molecule has 0 saturated carbocycles. The number of aryl methyl sites for hydroxylation is 2. The highest BCUT2D eigenvalue weighted by atomic mass is 32.1. The van der Waals surface area contributed by atoms with Crippen molar-refractivity contribution in [2.75, 3.05) is 5.32 Å². The molecule has 4 nitrogen and oxygen atoms in total. The first-order valence-corrected chi connectivity index (χ1v) is 7.00. The summed E-state index contributed by atoms with van der Waals surface area (Å²) in [5.74, 6) is -0.123. The molecule has 0 spiro atoms. The second-order valence-corrected chi connectivity index (χ2v) is 5.83. The second kappa shape index (κ2) is 5.88. The normalized spacial score (nSPS) is 11.4. The molecule has 0 radical (unpaired) electrons. The predicted molar refractivity (Wildman–Crippen MR) is 82.2 cm³/mol. The predicted octanol–water partition coefficient (Wildman–Crippen LogP) is 3.82. The van der Waals surface area contributed by atoms with E-state index in [1.807, 2.05) is 32.0 Å². The van der Waals surface area contributed by atoms with Crippen LogP contribution in [0.25, 0.3) is 0 Å². The molecule has 0 bridgehead atoms. The number of benzene rings is 1. The van der Waals surface area contributed by atoms with E-state index in [-0.39, 0.29) is 5.91 Å². The number of carbonyl (C=O) groups is 1. The van der Waals surface area contributed by atoms with Gasteiger partial charge in [-0.1, -0.05) is 17.3 Å². The Kier molecular flexibility index (Phi) is 4.20. The van der Waals surface area contributed by atoms with Gasteiger partial charge in [0, 0.05) is 16.1 Å². The smallest absolute Gasteiger partial charge is 0.265 e. The molecule has 1 aromatic carbocycles. The van der Waals surface area contributed by atoms with Crippen LogP contribution in [0.2, 0.25) is 0 Å². The fraction of sp³-hybridized carbons (Fsp3) is 0.200. The summed E-state index contributed by atoms with van der Waals surface area (Å²) in [6, 6.07) is 9.11. The number of carbonyl (C=O) groups excluding carboxylic acids is 1. The van der Waals surface area contributed by atoms with Gasteiger partial charge in [0.25, 0.3) is 5.91 Å². The maximum absolute atomic E-state index is 12.2. The molecule has 1 aromatic heterocycles. The van der Waals surface area contributed by atoms with E-state index >= 15 is 0 Å². The zero-order valence-electron chi connectivity index (χ0n) is 11.6. The quantitative estimate of drug-likeness (QED) is 0.512. The van der Waals surface area contributed by atoms with Crippen LogP contribution >= 0.6 is 11.3 Å². The van der Waals surface area contributed by atoms with Gasteiger partial charge in [-0.3, -0.25) is 4.79 Å². The average Bonchev–Trinajstić information content (AvgIpc) is 2.78. The molecule has 2 rings (SSSR count). The summed E-state index contributed by atoms with van der Waals surface area (Å²) in [7, 11) is 0. The van der Waals surface area contributed by atoms with Crippen LogP contribution < -0.4 is 5.32 Å². The highest BCUT2D eigenvalue weighted by molar-refractivity contribution is 7.14. The monoisotopic (exact) mass is 288 g/mol. The lowest BCUT2D eigenvalue weighted by Crippen LogP contribution is -2.10. The van der Waals surface area contributed by atoms with Gasteiger partial charge in [0.1, 0.15) is 0 Å². The maximum atomic E-state index is 12.2. The van der Waals surface area contributed by atoms with Crippen molar-refractivity contribution >= 4 is 28.6 Å². The number of hydrogen-bond donors (Lipinski definition) is 2. The molecule has 0 aliphatic carbocycles. The Labute approximate surface area is 121 Å². The molecule has 5 heteroatoms. The number of anilines is 1. The number of thiophene rings is 1. The zero-order chi connectivity index (χ0) is 14.7. The fourth-order valence-electron chi connectivity index (χ4n) is 1.76. The molecule has 104 valence electrons. The average molecular weight is 288 g/mol. The summed E-state index contributed by atoms with van der Waals surface area (Å²) in [5.41, 5.74) is 3.07. The largest absolute Gasteiger partial charge is 0.411 e. The van der Waals surface area contributed by atoms with Gasteiger partial charge in [-0.25, -0.2) is 0 Å². The summed E-state index contributed by atoms with van der Waals surface area (Å²) in [6.45, 7) is 5.69. The topological polar surface area (TPSA) is 61.7 Å². The standard InChI is InChI=1S/C15H16N2O2S/c1-9-7-14(20-11(9)3)15(18)16-13-6-4-5-12(8-13)10(2)17-19/h4-8,19H,1-3H3,(H,16,18). The number of hydrogen-bond acceptors (Lipinski definition) is 4. The Morgan fingerprint density at radius 1 is 1.30 bits per heavy atom. The molecule has 1 amide bonds. The first-order valence-electron chi connectivity index (χ1n) is 6.18. The van der Waals surface area contributed by atoms with E-state index in [1.54, 1.807) is 19.1 Å². The van der Waals surface area contributed by atoms with Crippen LogP contribution in [0.5, 0.6) is 0 Å². The van der Waals surface area contributed by atoms with Gasteiger partial charge < -0.3 is 10.5 Å². The summed E-state index contributed by atoms with van der Waals surface area (Å²) in [5, 5.41) is 14.8. The summed E-state index contributed by atoms with van der Waals surface area (Å²) in [6.07, 6.45) is 0. The van der Waals surface area contributed by atoms with Crippen molar-refractivity contribution in [2.24, 2.45) is 5.16 Å². The van der Waals surface area contributed by atoms with E-state index in [0.717, 1.165) is 16.0 Å². The Balaban J connectivity index is 2.20. The Bertz CT molecular complexity index is 655. The maximum Gasteiger partial charge on any atom is 0.265 e. The van der Waals surface area contributed by atoms with Crippen molar-refractivity contribution in [3.05, 3.63) is 51.2 Å². The minimum Gasteiger partial charge on any atom is -0.411 e. The number of oxime groups is 1. The highest BCUT2D eigenvalue weighted by Gasteiger charge is 2.11. The Morgan fingerprint density at radius 3 is 2.65 bits per heavy atom. The lowest BCUT2D eigenvalue weighted by Gasteiger charge is -2.05. The highest BCUT2D eigenvalue weighted by Crippen LogP contribution is 2.22. The van der Waals surface area contributed by atoms with Crippen molar-refractivity contribution in [3.63, 3.8) is 0 Å². The van der Waals surface area contributed by atoms with Gasteiger partial charge >= 0.3 is 0 Å². The van der Waals surface area contributed by atoms with Crippen molar-refractivity contribution < 1.29 is 10.0 Å². The lowest BCUT2D eigenvalue weighted by atomic mass is 10.1. The summed E-state index contributed by atoms with van der Waals surface area (Å²) in [4.78, 5) is 14.0. The van der Waals surface area contributed by atoms with Crippen LogP contribution in [0.1, 0.15) is 32.6 Å². The van der Waals surface area contributed by atoms with Crippen molar-refractivity contribution in [3.8, 4) is 0 Å². The van der Waals surface area contributed by atoms with Crippen LogP contribution in [-0.2, 0) is 0 Å². The lowest BCUT2D eigenvalue weighted by molar-refractivity contribution is 0.103. The van der Waals surface area contributed by atoms with Gasteiger partial charge in [0.05, 0.1) is 10.6 Å².